The van der Waals surface area contributed by atoms with Crippen LogP contribution in [0.2, 0.25) is 5.02 Å². The van der Waals surface area contributed by atoms with E-state index in [4.69, 9.17) is 11.6 Å². The zero-order valence-corrected chi connectivity index (χ0v) is 23.4. The molecule has 1 saturated carbocycles. The van der Waals surface area contributed by atoms with E-state index in [1.165, 1.54) is 18.9 Å². The van der Waals surface area contributed by atoms with Crippen LogP contribution in [0.25, 0.3) is 0 Å². The first-order valence-electron chi connectivity index (χ1n) is 13.4. The topological polar surface area (TPSA) is 98.8 Å². The average Bonchev–Trinajstić information content (AvgIpc) is 3.72. The lowest BCUT2D eigenvalue weighted by atomic mass is 9.93. The van der Waals surface area contributed by atoms with E-state index in [1.54, 1.807) is 44.2 Å². The van der Waals surface area contributed by atoms with E-state index < -0.39 is 22.0 Å². The zero-order valence-electron chi connectivity index (χ0n) is 21.9. The van der Waals surface area contributed by atoms with Gasteiger partial charge in [-0.15, -0.1) is 0 Å². The molecule has 0 unspecified atom stereocenters. The molecule has 2 heterocycles. The molecule has 1 saturated heterocycles. The number of anilines is 2. The molecule has 0 spiro atoms. The van der Waals surface area contributed by atoms with Gasteiger partial charge in [-0.3, -0.25) is 13.9 Å². The molecule has 1 aliphatic carbocycles. The van der Waals surface area contributed by atoms with Crippen LogP contribution in [0.3, 0.4) is 0 Å². The predicted octanol–water partition coefficient (Wildman–Crippen LogP) is 4.24. The molecule has 2 aliphatic heterocycles. The number of nitrogens with one attached hydrogen (secondary N) is 2. The number of likely N-dealkylation sites (tertiary alicyclic amines) is 1. The Morgan fingerprint density at radius 2 is 1.79 bits per heavy atom. The van der Waals surface area contributed by atoms with E-state index in [0.29, 0.717) is 40.0 Å². The monoisotopic (exact) mass is 558 g/mol. The second-order valence-corrected chi connectivity index (χ2v) is 12.9. The maximum atomic E-state index is 14.0. The second kappa shape index (κ2) is 10.9. The summed E-state index contributed by atoms with van der Waals surface area (Å²) >= 11 is 6.22. The molecule has 5 rings (SSSR count). The van der Waals surface area contributed by atoms with Gasteiger partial charge in [-0.05, 0) is 100 Å². The number of carbonyl (C=O) groups is 2. The standard InChI is InChI=1S/C28H35ClN4O4S/c1-18-16-26(19(2)15-22(18)29)38(36,37)33-24-6-4-3-5-23(24)31-28(35)25(33)17-27(34)30-12-9-20-10-13-32(14-11-20)21-7-8-21/h3-6,15-16,20-21,25H,7-14,17H2,1-2H3,(H,30,34)(H,31,35)/t25-/m1/s1. The van der Waals surface area contributed by atoms with Crippen molar-refractivity contribution in [3.63, 3.8) is 0 Å². The molecule has 0 aromatic heterocycles. The first kappa shape index (κ1) is 27.0. The van der Waals surface area contributed by atoms with Crippen LogP contribution >= 0.6 is 11.6 Å². The SMILES string of the molecule is Cc1cc(S(=O)(=O)N2c3ccccc3NC(=O)[C@H]2CC(=O)NCCC2CCN(C3CC3)CC2)c(C)cc1Cl. The number of para-hydroxylation sites is 2. The summed E-state index contributed by atoms with van der Waals surface area (Å²) in [5.41, 5.74) is 1.81. The van der Waals surface area contributed by atoms with Crippen molar-refractivity contribution in [3.8, 4) is 0 Å². The van der Waals surface area contributed by atoms with Gasteiger partial charge in [-0.2, -0.15) is 0 Å². The van der Waals surface area contributed by atoms with Crippen LogP contribution < -0.4 is 14.9 Å². The van der Waals surface area contributed by atoms with Gasteiger partial charge in [0.05, 0.1) is 22.7 Å². The number of nitrogens with zero attached hydrogens (tertiary/aromatic N) is 2. The lowest BCUT2D eigenvalue weighted by molar-refractivity contribution is -0.125. The molecule has 2 aromatic carbocycles. The lowest BCUT2D eigenvalue weighted by Gasteiger charge is -2.37. The van der Waals surface area contributed by atoms with Crippen LogP contribution in [0.4, 0.5) is 11.4 Å². The van der Waals surface area contributed by atoms with Crippen LogP contribution in [-0.4, -0.2) is 56.9 Å². The smallest absolute Gasteiger partial charge is 0.265 e. The van der Waals surface area contributed by atoms with Crippen molar-refractivity contribution in [3.05, 3.63) is 52.5 Å². The Labute approximate surface area is 229 Å². The number of rotatable bonds is 8. The molecule has 2 fully saturated rings. The molecule has 0 bridgehead atoms. The lowest BCUT2D eigenvalue weighted by Crippen LogP contribution is -2.53. The van der Waals surface area contributed by atoms with Crippen LogP contribution in [-0.2, 0) is 19.6 Å². The van der Waals surface area contributed by atoms with Gasteiger partial charge >= 0.3 is 0 Å². The fraction of sp³-hybridized carbons (Fsp3) is 0.500. The summed E-state index contributed by atoms with van der Waals surface area (Å²) in [5.74, 6) is -0.300. The molecule has 0 radical (unpaired) electrons. The minimum Gasteiger partial charge on any atom is -0.356 e. The summed E-state index contributed by atoms with van der Waals surface area (Å²) in [6.45, 7) is 6.17. The molecule has 2 N–H and O–H groups in total. The Kier molecular flexibility index (Phi) is 7.71. The molecule has 2 amide bonds. The van der Waals surface area contributed by atoms with Gasteiger partial charge in [0.2, 0.25) is 11.8 Å². The van der Waals surface area contributed by atoms with Gasteiger partial charge in [0.25, 0.3) is 10.0 Å². The Hall–Kier alpha value is -2.62. The van der Waals surface area contributed by atoms with Crippen molar-refractivity contribution < 1.29 is 18.0 Å². The van der Waals surface area contributed by atoms with E-state index in [9.17, 15) is 18.0 Å². The highest BCUT2D eigenvalue weighted by molar-refractivity contribution is 7.93. The van der Waals surface area contributed by atoms with Crippen LogP contribution in [0.5, 0.6) is 0 Å². The number of halogens is 1. The number of hydrogen-bond donors (Lipinski definition) is 2. The summed E-state index contributed by atoms with van der Waals surface area (Å²) in [5, 5.41) is 6.18. The second-order valence-electron chi connectivity index (χ2n) is 10.7. The largest absolute Gasteiger partial charge is 0.356 e. The van der Waals surface area contributed by atoms with Gasteiger partial charge in [0, 0.05) is 17.6 Å². The maximum Gasteiger partial charge on any atom is 0.265 e. The van der Waals surface area contributed by atoms with Crippen molar-refractivity contribution in [2.24, 2.45) is 5.92 Å². The zero-order chi connectivity index (χ0) is 27.0. The molecule has 204 valence electrons. The summed E-state index contributed by atoms with van der Waals surface area (Å²) in [4.78, 5) is 28.8. The molecular formula is C28H35ClN4O4S. The third kappa shape index (κ3) is 5.55. The fourth-order valence-corrected chi connectivity index (χ4v) is 7.73. The molecule has 2 aromatic rings. The van der Waals surface area contributed by atoms with E-state index in [-0.39, 0.29) is 17.2 Å². The number of hydrogen-bond acceptors (Lipinski definition) is 5. The highest BCUT2D eigenvalue weighted by atomic mass is 35.5. The van der Waals surface area contributed by atoms with Crippen molar-refractivity contribution >= 4 is 44.8 Å². The van der Waals surface area contributed by atoms with E-state index in [2.05, 4.69) is 15.5 Å². The Balaban J connectivity index is 1.31. The predicted molar refractivity (Wildman–Crippen MR) is 149 cm³/mol. The minimum atomic E-state index is -4.19. The number of aryl methyl sites for hydroxylation is 2. The number of carbonyl (C=O) groups excluding carboxylic acids is 2. The van der Waals surface area contributed by atoms with Gasteiger partial charge in [-0.25, -0.2) is 8.42 Å². The minimum absolute atomic E-state index is 0.0619. The highest BCUT2D eigenvalue weighted by Crippen LogP contribution is 2.38. The van der Waals surface area contributed by atoms with Crippen LogP contribution in [0, 0.1) is 19.8 Å². The van der Waals surface area contributed by atoms with Crippen molar-refractivity contribution in [2.75, 3.05) is 29.3 Å². The highest BCUT2D eigenvalue weighted by Gasteiger charge is 2.42. The first-order chi connectivity index (χ1) is 18.1. The molecule has 3 aliphatic rings. The van der Waals surface area contributed by atoms with Gasteiger partial charge in [-0.1, -0.05) is 23.7 Å². The number of piperidine rings is 1. The third-order valence-corrected chi connectivity index (χ3v) is 10.3. The number of benzene rings is 2. The van der Waals surface area contributed by atoms with E-state index in [0.717, 1.165) is 42.7 Å². The Bertz CT molecular complexity index is 1340. The van der Waals surface area contributed by atoms with Crippen LogP contribution in [0.15, 0.2) is 41.3 Å². The maximum absolute atomic E-state index is 14.0. The molecule has 1 atom stereocenters. The fourth-order valence-electron chi connectivity index (χ4n) is 5.58. The van der Waals surface area contributed by atoms with E-state index in [1.807, 2.05) is 0 Å². The third-order valence-electron chi connectivity index (χ3n) is 7.94. The van der Waals surface area contributed by atoms with E-state index >= 15 is 0 Å². The summed E-state index contributed by atoms with van der Waals surface area (Å²) in [7, 11) is -4.19. The number of fused-ring (bicyclic) bond motifs is 1. The molecule has 10 heteroatoms. The average molecular weight is 559 g/mol. The number of amides is 2. The quantitative estimate of drug-likeness (QED) is 0.505. The number of sulfonamides is 1. The van der Waals surface area contributed by atoms with Crippen molar-refractivity contribution in [1.82, 2.24) is 10.2 Å². The van der Waals surface area contributed by atoms with Crippen LogP contribution in [0.1, 0.15) is 49.7 Å². The summed E-state index contributed by atoms with van der Waals surface area (Å²) in [6, 6.07) is 9.44. The molecular weight excluding hydrogens is 524 g/mol. The summed E-state index contributed by atoms with van der Waals surface area (Å²) in [6.07, 6.45) is 5.54. The van der Waals surface area contributed by atoms with Crippen molar-refractivity contribution in [2.45, 2.75) is 69.4 Å². The Morgan fingerprint density at radius 1 is 1.08 bits per heavy atom. The normalized spacial score (nSPS) is 20.7. The Morgan fingerprint density at radius 3 is 2.50 bits per heavy atom. The first-order valence-corrected chi connectivity index (χ1v) is 15.2. The van der Waals surface area contributed by atoms with Gasteiger partial charge < -0.3 is 15.5 Å². The molecule has 38 heavy (non-hydrogen) atoms. The summed E-state index contributed by atoms with van der Waals surface area (Å²) < 4.78 is 29.2. The van der Waals surface area contributed by atoms with Crippen molar-refractivity contribution in [1.29, 1.82) is 0 Å². The van der Waals surface area contributed by atoms with Gasteiger partial charge in [0.15, 0.2) is 0 Å². The molecule has 8 nitrogen and oxygen atoms in total. The van der Waals surface area contributed by atoms with Gasteiger partial charge in [0.1, 0.15) is 6.04 Å².